The van der Waals surface area contributed by atoms with Crippen molar-refractivity contribution in [2.24, 2.45) is 0 Å². The number of benzene rings is 3. The van der Waals surface area contributed by atoms with Crippen molar-refractivity contribution in [2.45, 2.75) is 39.2 Å². The number of nitrogens with zero attached hydrogens (tertiary/aromatic N) is 6. The number of carbonyl (C=O) groups is 1. The molecule has 9 nitrogen and oxygen atoms in total. The Morgan fingerprint density at radius 1 is 1.00 bits per heavy atom. The van der Waals surface area contributed by atoms with Gasteiger partial charge in [0.05, 0.1) is 12.1 Å². The molecule has 2 N–H and O–H groups in total. The summed E-state index contributed by atoms with van der Waals surface area (Å²) in [5.74, 6) is 1.26. The summed E-state index contributed by atoms with van der Waals surface area (Å²) in [5, 5.41) is 28.5. The highest BCUT2D eigenvalue weighted by atomic mass is 16.4. The standard InChI is InChI=1S/C28H27N7O2/c1-3-6-25-29-27(18(2)20-13-15-22(16-14-20)28(36)37)35(32-25)17-19-9-11-21(12-10-19)23-7-4-5-8-24(23)26-30-33-34-31-26/h4-5,7-16,18H,3,6,17H2,1-2H3,(H,36,37)(H,30,31,33,34). The Hall–Kier alpha value is -4.66. The van der Waals surface area contributed by atoms with E-state index in [1.807, 2.05) is 41.1 Å². The van der Waals surface area contributed by atoms with Gasteiger partial charge >= 0.3 is 5.97 Å². The molecule has 0 spiro atoms. The molecular weight excluding hydrogens is 466 g/mol. The molecule has 5 rings (SSSR count). The van der Waals surface area contributed by atoms with Gasteiger partial charge in [-0.2, -0.15) is 10.3 Å². The first-order valence-electron chi connectivity index (χ1n) is 12.2. The number of tetrazole rings is 1. The van der Waals surface area contributed by atoms with Gasteiger partial charge in [-0.1, -0.05) is 74.5 Å². The van der Waals surface area contributed by atoms with E-state index in [2.05, 4.69) is 58.7 Å². The molecule has 0 amide bonds. The number of aryl methyl sites for hydroxylation is 1. The summed E-state index contributed by atoms with van der Waals surface area (Å²) >= 11 is 0. The molecule has 1 unspecified atom stereocenters. The van der Waals surface area contributed by atoms with Gasteiger partial charge in [-0.05, 0) is 46.0 Å². The van der Waals surface area contributed by atoms with Crippen LogP contribution in [0.15, 0.2) is 72.8 Å². The molecule has 0 aliphatic heterocycles. The zero-order valence-corrected chi connectivity index (χ0v) is 20.7. The molecular formula is C28H27N7O2. The second-order valence-electron chi connectivity index (χ2n) is 8.92. The molecule has 9 heteroatoms. The highest BCUT2D eigenvalue weighted by Gasteiger charge is 2.19. The van der Waals surface area contributed by atoms with Crippen LogP contribution in [0.2, 0.25) is 0 Å². The Kier molecular flexibility index (Phi) is 6.85. The molecule has 0 radical (unpaired) electrons. The van der Waals surface area contributed by atoms with Crippen molar-refractivity contribution >= 4 is 5.97 Å². The molecule has 0 bridgehead atoms. The minimum absolute atomic E-state index is 0.0398. The van der Waals surface area contributed by atoms with Crippen LogP contribution in [-0.4, -0.2) is 46.5 Å². The van der Waals surface area contributed by atoms with Crippen LogP contribution in [-0.2, 0) is 13.0 Å². The van der Waals surface area contributed by atoms with Gasteiger partial charge in [0.15, 0.2) is 5.82 Å². The van der Waals surface area contributed by atoms with Crippen LogP contribution in [0, 0.1) is 0 Å². The van der Waals surface area contributed by atoms with E-state index >= 15 is 0 Å². The second-order valence-corrected chi connectivity index (χ2v) is 8.92. The number of aromatic carboxylic acids is 1. The van der Waals surface area contributed by atoms with Crippen LogP contribution in [0.1, 0.15) is 59.3 Å². The van der Waals surface area contributed by atoms with E-state index in [9.17, 15) is 9.90 Å². The molecule has 0 saturated heterocycles. The number of aromatic amines is 1. The minimum Gasteiger partial charge on any atom is -0.478 e. The third kappa shape index (κ3) is 5.16. The van der Waals surface area contributed by atoms with E-state index in [4.69, 9.17) is 10.1 Å². The fourth-order valence-corrected chi connectivity index (χ4v) is 4.40. The van der Waals surface area contributed by atoms with Gasteiger partial charge in [0, 0.05) is 17.9 Å². The van der Waals surface area contributed by atoms with Gasteiger partial charge < -0.3 is 5.11 Å². The first-order valence-corrected chi connectivity index (χ1v) is 12.2. The SMILES string of the molecule is CCCc1nc(C(C)c2ccc(C(=O)O)cc2)n(Cc2ccc(-c3ccccc3-c3nn[nH]n3)cc2)n1. The number of aromatic nitrogens is 7. The Morgan fingerprint density at radius 3 is 2.38 bits per heavy atom. The summed E-state index contributed by atoms with van der Waals surface area (Å²) in [6.45, 7) is 4.76. The lowest BCUT2D eigenvalue weighted by Gasteiger charge is -2.14. The zero-order valence-electron chi connectivity index (χ0n) is 20.7. The summed E-state index contributed by atoms with van der Waals surface area (Å²) < 4.78 is 1.96. The van der Waals surface area contributed by atoms with E-state index < -0.39 is 5.97 Å². The number of carboxylic acids is 1. The van der Waals surface area contributed by atoms with E-state index in [0.29, 0.717) is 12.4 Å². The molecule has 2 heterocycles. The fraction of sp³-hybridized carbons (Fsp3) is 0.214. The third-order valence-corrected chi connectivity index (χ3v) is 6.37. The van der Waals surface area contributed by atoms with Crippen LogP contribution < -0.4 is 0 Å². The largest absolute Gasteiger partial charge is 0.478 e. The molecule has 37 heavy (non-hydrogen) atoms. The Labute approximate surface area is 214 Å². The van der Waals surface area contributed by atoms with E-state index in [1.165, 1.54) is 0 Å². The molecule has 186 valence electrons. The maximum Gasteiger partial charge on any atom is 0.335 e. The van der Waals surface area contributed by atoms with Gasteiger partial charge in [0.2, 0.25) is 5.82 Å². The summed E-state index contributed by atoms with van der Waals surface area (Å²) in [7, 11) is 0. The van der Waals surface area contributed by atoms with Crippen molar-refractivity contribution in [1.29, 1.82) is 0 Å². The van der Waals surface area contributed by atoms with Crippen LogP contribution in [0.3, 0.4) is 0 Å². The van der Waals surface area contributed by atoms with Crippen molar-refractivity contribution in [3.8, 4) is 22.5 Å². The molecule has 0 saturated carbocycles. The molecule has 2 aromatic heterocycles. The van der Waals surface area contributed by atoms with Crippen LogP contribution >= 0.6 is 0 Å². The molecule has 5 aromatic rings. The predicted molar refractivity (Wildman–Crippen MR) is 139 cm³/mol. The first-order chi connectivity index (χ1) is 18.0. The lowest BCUT2D eigenvalue weighted by molar-refractivity contribution is 0.0697. The maximum absolute atomic E-state index is 11.2. The number of hydrogen-bond acceptors (Lipinski definition) is 6. The average Bonchev–Trinajstić information content (AvgIpc) is 3.60. The number of nitrogens with one attached hydrogen (secondary N) is 1. The maximum atomic E-state index is 11.2. The minimum atomic E-state index is -0.934. The van der Waals surface area contributed by atoms with Crippen molar-refractivity contribution in [3.63, 3.8) is 0 Å². The molecule has 0 aliphatic carbocycles. The Bertz CT molecular complexity index is 1490. The number of H-pyrrole nitrogens is 1. The lowest BCUT2D eigenvalue weighted by atomic mass is 9.98. The average molecular weight is 494 g/mol. The van der Waals surface area contributed by atoms with Crippen molar-refractivity contribution in [1.82, 2.24) is 35.4 Å². The highest BCUT2D eigenvalue weighted by molar-refractivity contribution is 5.87. The summed E-state index contributed by atoms with van der Waals surface area (Å²) in [4.78, 5) is 16.1. The van der Waals surface area contributed by atoms with Gasteiger partial charge in [0.1, 0.15) is 5.82 Å². The summed E-state index contributed by atoms with van der Waals surface area (Å²) in [5.41, 5.74) is 5.36. The number of carboxylic acid groups (broad SMARTS) is 1. The Balaban J connectivity index is 1.42. The normalized spacial score (nSPS) is 11.9. The van der Waals surface area contributed by atoms with Crippen molar-refractivity contribution in [2.75, 3.05) is 0 Å². The van der Waals surface area contributed by atoms with Crippen LogP contribution in [0.5, 0.6) is 0 Å². The lowest BCUT2D eigenvalue weighted by Crippen LogP contribution is -2.11. The number of rotatable bonds is 9. The molecule has 0 aliphatic rings. The smallest absolute Gasteiger partial charge is 0.335 e. The fourth-order valence-electron chi connectivity index (χ4n) is 4.40. The van der Waals surface area contributed by atoms with Crippen LogP contribution in [0.4, 0.5) is 0 Å². The first kappa shape index (κ1) is 24.1. The second kappa shape index (κ2) is 10.5. The summed E-state index contributed by atoms with van der Waals surface area (Å²) in [6.07, 6.45) is 1.76. The van der Waals surface area contributed by atoms with Gasteiger partial charge in [0.25, 0.3) is 0 Å². The van der Waals surface area contributed by atoms with E-state index in [-0.39, 0.29) is 11.5 Å². The third-order valence-electron chi connectivity index (χ3n) is 6.37. The zero-order chi connectivity index (χ0) is 25.8. The monoisotopic (exact) mass is 493 g/mol. The van der Waals surface area contributed by atoms with E-state index in [0.717, 1.165) is 52.3 Å². The van der Waals surface area contributed by atoms with Gasteiger partial charge in [-0.3, -0.25) is 0 Å². The van der Waals surface area contributed by atoms with E-state index in [1.54, 1.807) is 12.1 Å². The quantitative estimate of drug-likeness (QED) is 0.297. The predicted octanol–water partition coefficient (Wildman–Crippen LogP) is 4.98. The van der Waals surface area contributed by atoms with Crippen molar-refractivity contribution < 1.29 is 9.90 Å². The topological polar surface area (TPSA) is 122 Å². The van der Waals surface area contributed by atoms with Gasteiger partial charge in [-0.15, -0.1) is 10.2 Å². The van der Waals surface area contributed by atoms with Gasteiger partial charge in [-0.25, -0.2) is 14.5 Å². The summed E-state index contributed by atoms with van der Waals surface area (Å²) in [6, 6.07) is 23.3. The van der Waals surface area contributed by atoms with Crippen molar-refractivity contribution in [3.05, 3.63) is 101 Å². The molecule has 1 atom stereocenters. The molecule has 3 aromatic carbocycles. The Morgan fingerprint density at radius 2 is 1.73 bits per heavy atom. The van der Waals surface area contributed by atoms with Crippen LogP contribution in [0.25, 0.3) is 22.5 Å². The number of hydrogen-bond donors (Lipinski definition) is 2. The molecule has 0 fully saturated rings. The highest BCUT2D eigenvalue weighted by Crippen LogP contribution is 2.30.